The van der Waals surface area contributed by atoms with E-state index in [1.54, 1.807) is 6.92 Å². The SMILES string of the molecule is CC1CCC(OC(=O)C2CCC3CC(C)C(F)C(F)C3O2)CC1.O.[HH]. The van der Waals surface area contributed by atoms with Crippen molar-refractivity contribution >= 4 is 5.97 Å². The minimum atomic E-state index is -1.63. The summed E-state index contributed by atoms with van der Waals surface area (Å²) in [4.78, 5) is 12.3. The first kappa shape index (κ1) is 19.6. The number of fused-ring (bicyclic) bond motifs is 1. The summed E-state index contributed by atoms with van der Waals surface area (Å²) in [5, 5.41) is 0. The molecule has 2 saturated carbocycles. The van der Waals surface area contributed by atoms with E-state index in [4.69, 9.17) is 9.47 Å². The monoisotopic (exact) mass is 350 g/mol. The van der Waals surface area contributed by atoms with Crippen molar-refractivity contribution in [3.63, 3.8) is 0 Å². The highest BCUT2D eigenvalue weighted by molar-refractivity contribution is 5.75. The number of alkyl halides is 2. The van der Waals surface area contributed by atoms with Crippen molar-refractivity contribution in [3.05, 3.63) is 0 Å². The van der Waals surface area contributed by atoms with Gasteiger partial charge in [-0.05, 0) is 62.7 Å². The molecule has 0 bridgehead atoms. The van der Waals surface area contributed by atoms with E-state index < -0.39 is 24.6 Å². The summed E-state index contributed by atoms with van der Waals surface area (Å²) in [6.07, 6.45) is 1.14. The molecule has 0 aromatic heterocycles. The second-order valence-corrected chi connectivity index (χ2v) is 7.85. The van der Waals surface area contributed by atoms with Gasteiger partial charge in [0, 0.05) is 1.43 Å². The van der Waals surface area contributed by atoms with Gasteiger partial charge in [0.25, 0.3) is 0 Å². The van der Waals surface area contributed by atoms with Gasteiger partial charge in [-0.15, -0.1) is 0 Å². The lowest BCUT2D eigenvalue weighted by Gasteiger charge is -2.44. The van der Waals surface area contributed by atoms with Crippen LogP contribution in [-0.4, -0.2) is 42.1 Å². The van der Waals surface area contributed by atoms with Gasteiger partial charge in [0.15, 0.2) is 12.3 Å². The molecule has 2 aliphatic carbocycles. The minimum absolute atomic E-state index is 0. The average Bonchev–Trinajstić information content (AvgIpc) is 2.54. The van der Waals surface area contributed by atoms with Crippen molar-refractivity contribution in [2.24, 2.45) is 17.8 Å². The van der Waals surface area contributed by atoms with E-state index in [0.29, 0.717) is 25.2 Å². The fourth-order valence-electron chi connectivity index (χ4n) is 4.35. The van der Waals surface area contributed by atoms with Crippen LogP contribution >= 0.6 is 0 Å². The van der Waals surface area contributed by atoms with Gasteiger partial charge in [-0.3, -0.25) is 0 Å². The molecule has 6 heteroatoms. The predicted octanol–water partition coefficient (Wildman–Crippen LogP) is 3.41. The molecule has 1 heterocycles. The molecule has 24 heavy (non-hydrogen) atoms. The van der Waals surface area contributed by atoms with Gasteiger partial charge < -0.3 is 14.9 Å². The second kappa shape index (κ2) is 8.09. The first-order valence-corrected chi connectivity index (χ1v) is 9.09. The van der Waals surface area contributed by atoms with Crippen LogP contribution in [0.5, 0.6) is 0 Å². The molecule has 6 atom stereocenters. The van der Waals surface area contributed by atoms with Crippen LogP contribution in [0, 0.1) is 17.8 Å². The van der Waals surface area contributed by atoms with Crippen molar-refractivity contribution < 1.29 is 30.0 Å². The van der Waals surface area contributed by atoms with Crippen molar-refractivity contribution in [3.8, 4) is 0 Å². The van der Waals surface area contributed by atoms with E-state index in [9.17, 15) is 13.6 Å². The fraction of sp³-hybridized carbons (Fsp3) is 0.944. The minimum Gasteiger partial charge on any atom is -0.460 e. The zero-order valence-corrected chi connectivity index (χ0v) is 14.5. The highest BCUT2D eigenvalue weighted by Gasteiger charge is 2.49. The van der Waals surface area contributed by atoms with Gasteiger partial charge in [-0.2, -0.15) is 0 Å². The lowest BCUT2D eigenvalue weighted by atomic mass is 9.74. The molecule has 4 nitrogen and oxygen atoms in total. The van der Waals surface area contributed by atoms with E-state index in [2.05, 4.69) is 6.92 Å². The molecule has 3 aliphatic rings. The largest absolute Gasteiger partial charge is 0.460 e. The quantitative estimate of drug-likeness (QED) is 0.717. The fourth-order valence-corrected chi connectivity index (χ4v) is 4.35. The second-order valence-electron chi connectivity index (χ2n) is 7.85. The van der Waals surface area contributed by atoms with Crippen LogP contribution in [0.2, 0.25) is 0 Å². The van der Waals surface area contributed by atoms with Crippen molar-refractivity contribution in [1.29, 1.82) is 0 Å². The predicted molar refractivity (Wildman–Crippen MR) is 88.2 cm³/mol. The Kier molecular flexibility index (Phi) is 6.59. The Morgan fingerprint density at radius 3 is 2.38 bits per heavy atom. The molecule has 3 fully saturated rings. The third kappa shape index (κ3) is 4.07. The Hall–Kier alpha value is -0.750. The third-order valence-electron chi connectivity index (χ3n) is 5.93. The molecule has 6 unspecified atom stereocenters. The molecule has 142 valence electrons. The number of esters is 1. The van der Waals surface area contributed by atoms with Crippen molar-refractivity contribution in [2.75, 3.05) is 0 Å². The van der Waals surface area contributed by atoms with Gasteiger partial charge in [-0.25, -0.2) is 13.6 Å². The molecule has 0 aromatic carbocycles. The molecule has 3 rings (SSSR count). The summed E-state index contributed by atoms with van der Waals surface area (Å²) in [6.45, 7) is 3.96. The van der Waals surface area contributed by atoms with Crippen LogP contribution in [-0.2, 0) is 14.3 Å². The normalized spacial score (nSPS) is 45.7. The molecule has 1 aliphatic heterocycles. The van der Waals surface area contributed by atoms with Crippen LogP contribution in [0.4, 0.5) is 8.78 Å². The van der Waals surface area contributed by atoms with Crippen LogP contribution in [0.1, 0.15) is 60.2 Å². The summed E-state index contributed by atoms with van der Waals surface area (Å²) < 4.78 is 39.4. The third-order valence-corrected chi connectivity index (χ3v) is 5.93. The molecule has 0 radical (unpaired) electrons. The van der Waals surface area contributed by atoms with E-state index in [1.165, 1.54) is 0 Å². The first-order valence-electron chi connectivity index (χ1n) is 9.09. The summed E-state index contributed by atoms with van der Waals surface area (Å²) in [5.41, 5.74) is 0. The van der Waals surface area contributed by atoms with Gasteiger partial charge in [0.1, 0.15) is 12.3 Å². The Labute approximate surface area is 144 Å². The zero-order valence-electron chi connectivity index (χ0n) is 14.5. The number of carbonyl (C=O) groups is 1. The highest BCUT2D eigenvalue weighted by Crippen LogP contribution is 2.41. The van der Waals surface area contributed by atoms with E-state index in [-0.39, 0.29) is 30.8 Å². The van der Waals surface area contributed by atoms with Gasteiger partial charge >= 0.3 is 5.97 Å². The van der Waals surface area contributed by atoms with Crippen LogP contribution < -0.4 is 0 Å². The molecule has 1 saturated heterocycles. The molecule has 0 amide bonds. The number of carbonyl (C=O) groups excluding carboxylic acids is 1. The lowest BCUT2D eigenvalue weighted by Crippen LogP contribution is -2.53. The van der Waals surface area contributed by atoms with Crippen LogP contribution in [0.3, 0.4) is 0 Å². The summed E-state index contributed by atoms with van der Waals surface area (Å²) in [7, 11) is 0. The average molecular weight is 350 g/mol. The lowest BCUT2D eigenvalue weighted by molar-refractivity contribution is -0.193. The van der Waals surface area contributed by atoms with E-state index >= 15 is 0 Å². The number of ether oxygens (including phenoxy) is 2. The summed E-state index contributed by atoms with van der Waals surface area (Å²) in [5.74, 6) is 0.0491. The van der Waals surface area contributed by atoms with E-state index in [0.717, 1.165) is 25.7 Å². The van der Waals surface area contributed by atoms with E-state index in [1.807, 2.05) is 0 Å². The Bertz CT molecular complexity index is 429. The number of hydrogen-bond donors (Lipinski definition) is 0. The van der Waals surface area contributed by atoms with Crippen LogP contribution in [0.25, 0.3) is 0 Å². The maximum Gasteiger partial charge on any atom is 0.335 e. The van der Waals surface area contributed by atoms with Crippen molar-refractivity contribution in [2.45, 2.75) is 89.4 Å². The number of halogens is 2. The maximum absolute atomic E-state index is 14.2. The molecule has 2 N–H and O–H groups in total. The Morgan fingerprint density at radius 1 is 1.04 bits per heavy atom. The van der Waals surface area contributed by atoms with Gasteiger partial charge in [-0.1, -0.05) is 13.8 Å². The summed E-state index contributed by atoms with van der Waals surface area (Å²) in [6, 6.07) is 0. The zero-order chi connectivity index (χ0) is 16.6. The molecular weight excluding hydrogens is 318 g/mol. The first-order chi connectivity index (χ1) is 11.0. The topological polar surface area (TPSA) is 67.0 Å². The number of hydrogen-bond acceptors (Lipinski definition) is 3. The Balaban J connectivity index is 0.00000156. The maximum atomic E-state index is 14.2. The van der Waals surface area contributed by atoms with Gasteiger partial charge in [0.05, 0.1) is 6.10 Å². The molecule has 0 aromatic rings. The summed E-state index contributed by atoms with van der Waals surface area (Å²) >= 11 is 0. The molecule has 0 spiro atoms. The van der Waals surface area contributed by atoms with Crippen molar-refractivity contribution in [1.82, 2.24) is 0 Å². The van der Waals surface area contributed by atoms with Gasteiger partial charge in [0.2, 0.25) is 0 Å². The number of rotatable bonds is 2. The highest BCUT2D eigenvalue weighted by atomic mass is 19.2. The molecular formula is C18H32F2O4. The standard InChI is InChI=1S/C18H28F2O3.H2O.H2/c1-10-3-6-13(7-4-10)22-18(21)14-8-5-12-9-11(2)15(19)16(20)17(12)23-14;;/h10-17H,3-9H2,1-2H3;1H2;1H. The Morgan fingerprint density at radius 2 is 1.71 bits per heavy atom. The smallest absolute Gasteiger partial charge is 0.335 e. The van der Waals surface area contributed by atoms with Crippen LogP contribution in [0.15, 0.2) is 0 Å².